The van der Waals surface area contributed by atoms with Crippen LogP contribution in [0.15, 0.2) is 48.5 Å². The number of carbonyl (C=O) groups is 2. The van der Waals surface area contributed by atoms with Crippen molar-refractivity contribution < 1.29 is 14.3 Å². The molecule has 0 fully saturated rings. The zero-order chi connectivity index (χ0) is 23.8. The number of rotatable bonds is 10. The van der Waals surface area contributed by atoms with Crippen LogP contribution in [0.25, 0.3) is 10.9 Å². The van der Waals surface area contributed by atoms with E-state index in [1.54, 1.807) is 24.3 Å². The smallest absolute Gasteiger partial charge is 0.337 e. The summed E-state index contributed by atoms with van der Waals surface area (Å²) in [5.74, 6) is -0.522. The Kier molecular flexibility index (Phi) is 8.12. The second-order valence-corrected chi connectivity index (χ2v) is 8.80. The maximum Gasteiger partial charge on any atom is 0.337 e. The van der Waals surface area contributed by atoms with Crippen molar-refractivity contribution in [3.8, 4) is 0 Å². The summed E-state index contributed by atoms with van der Waals surface area (Å²) in [5, 5.41) is 7.90. The minimum Gasteiger partial charge on any atom is -0.465 e. The highest BCUT2D eigenvalue weighted by Crippen LogP contribution is 2.33. The van der Waals surface area contributed by atoms with Crippen LogP contribution in [0.1, 0.15) is 70.5 Å². The first-order valence-electron chi connectivity index (χ1n) is 12.3. The fourth-order valence-corrected chi connectivity index (χ4v) is 4.57. The van der Waals surface area contributed by atoms with Gasteiger partial charge >= 0.3 is 5.97 Å². The van der Waals surface area contributed by atoms with Crippen molar-refractivity contribution in [2.45, 2.75) is 51.4 Å². The van der Waals surface area contributed by atoms with E-state index in [2.05, 4.69) is 39.6 Å². The minimum atomic E-state index is -0.404. The van der Waals surface area contributed by atoms with Gasteiger partial charge in [0.25, 0.3) is 5.91 Å². The summed E-state index contributed by atoms with van der Waals surface area (Å²) in [6.07, 6.45) is 8.88. The van der Waals surface area contributed by atoms with Crippen LogP contribution in [0.2, 0.25) is 0 Å². The number of benzene rings is 2. The zero-order valence-corrected chi connectivity index (χ0v) is 19.9. The van der Waals surface area contributed by atoms with E-state index in [0.717, 1.165) is 50.6 Å². The molecule has 1 aliphatic carbocycles. The Hall–Kier alpha value is -3.41. The van der Waals surface area contributed by atoms with Gasteiger partial charge in [-0.3, -0.25) is 9.78 Å². The molecule has 1 heterocycles. The van der Waals surface area contributed by atoms with E-state index in [1.807, 2.05) is 0 Å². The topological polar surface area (TPSA) is 80.3 Å². The molecule has 2 aromatic carbocycles. The molecule has 0 saturated carbocycles. The fourth-order valence-electron chi connectivity index (χ4n) is 4.57. The highest BCUT2D eigenvalue weighted by Gasteiger charge is 2.17. The van der Waals surface area contributed by atoms with Crippen molar-refractivity contribution in [1.82, 2.24) is 10.3 Å². The molecule has 0 atom stereocenters. The van der Waals surface area contributed by atoms with E-state index < -0.39 is 5.97 Å². The number of unbranched alkanes of at least 4 members (excludes halogenated alkanes) is 3. The van der Waals surface area contributed by atoms with Gasteiger partial charge in [0, 0.05) is 35.4 Å². The molecule has 1 amide bonds. The van der Waals surface area contributed by atoms with Gasteiger partial charge in [-0.2, -0.15) is 0 Å². The number of nitrogens with one attached hydrogen (secondary N) is 2. The van der Waals surface area contributed by atoms with Crippen LogP contribution in [0.4, 0.5) is 5.69 Å². The Labute approximate surface area is 201 Å². The third-order valence-electron chi connectivity index (χ3n) is 6.43. The molecule has 0 unspecified atom stereocenters. The largest absolute Gasteiger partial charge is 0.465 e. The number of para-hydroxylation sites is 1. The van der Waals surface area contributed by atoms with Gasteiger partial charge in [-0.05, 0) is 74.4 Å². The number of methoxy groups -OCH3 is 1. The van der Waals surface area contributed by atoms with Crippen molar-refractivity contribution >= 4 is 28.5 Å². The molecule has 0 spiro atoms. The Morgan fingerprint density at radius 1 is 0.882 bits per heavy atom. The molecule has 1 aliphatic rings. The van der Waals surface area contributed by atoms with Gasteiger partial charge < -0.3 is 15.4 Å². The number of hydrogen-bond donors (Lipinski definition) is 2. The number of hydrogen-bond acceptors (Lipinski definition) is 5. The highest BCUT2D eigenvalue weighted by molar-refractivity contribution is 5.96. The summed E-state index contributed by atoms with van der Waals surface area (Å²) >= 11 is 0. The van der Waals surface area contributed by atoms with E-state index in [1.165, 1.54) is 42.3 Å². The Balaban J connectivity index is 1.18. The lowest BCUT2D eigenvalue weighted by molar-refractivity contribution is 0.0600. The van der Waals surface area contributed by atoms with E-state index >= 15 is 0 Å². The molecule has 1 aromatic heterocycles. The average molecular weight is 460 g/mol. The molecule has 0 bridgehead atoms. The van der Waals surface area contributed by atoms with Gasteiger partial charge in [0.05, 0.1) is 18.2 Å². The van der Waals surface area contributed by atoms with Crippen LogP contribution in [-0.4, -0.2) is 37.1 Å². The van der Waals surface area contributed by atoms with Crippen molar-refractivity contribution in [1.29, 1.82) is 0 Å². The molecule has 6 nitrogen and oxygen atoms in total. The molecule has 0 saturated heterocycles. The SMILES string of the molecule is COC(=O)c1ccc(C(=O)NCCCCCCNc2c3c(nc4ccccc24)CCCC3)cc1. The number of anilines is 1. The Morgan fingerprint density at radius 2 is 1.59 bits per heavy atom. The number of nitrogens with zero attached hydrogens (tertiary/aromatic N) is 1. The number of aromatic nitrogens is 1. The number of carbonyl (C=O) groups excluding carboxylic acids is 2. The average Bonchev–Trinajstić information content (AvgIpc) is 2.89. The monoisotopic (exact) mass is 459 g/mol. The van der Waals surface area contributed by atoms with Gasteiger partial charge in [-0.15, -0.1) is 0 Å². The summed E-state index contributed by atoms with van der Waals surface area (Å²) in [4.78, 5) is 28.7. The predicted octanol–water partition coefficient (Wildman–Crippen LogP) is 5.30. The summed E-state index contributed by atoms with van der Waals surface area (Å²) in [5.41, 5.74) is 6.03. The van der Waals surface area contributed by atoms with Crippen molar-refractivity contribution in [3.63, 3.8) is 0 Å². The van der Waals surface area contributed by atoms with Crippen LogP contribution in [0, 0.1) is 0 Å². The van der Waals surface area contributed by atoms with Crippen molar-refractivity contribution in [3.05, 3.63) is 70.9 Å². The lowest BCUT2D eigenvalue weighted by Crippen LogP contribution is -2.24. The zero-order valence-electron chi connectivity index (χ0n) is 19.9. The van der Waals surface area contributed by atoms with Crippen molar-refractivity contribution in [2.24, 2.45) is 0 Å². The standard InChI is InChI=1S/C28H33N3O3/c1-34-28(33)21-16-14-20(15-17-21)27(32)30-19-9-3-2-8-18-29-26-22-10-4-6-12-24(22)31-25-13-7-5-11-23(25)26/h4,6,10,12,14-17H,2-3,5,7-9,11,13,18-19H2,1H3,(H,29,31)(H,30,32). The lowest BCUT2D eigenvalue weighted by Gasteiger charge is -2.21. The molecule has 34 heavy (non-hydrogen) atoms. The summed E-state index contributed by atoms with van der Waals surface area (Å²) < 4.78 is 4.68. The summed E-state index contributed by atoms with van der Waals surface area (Å²) in [7, 11) is 1.34. The number of amides is 1. The van der Waals surface area contributed by atoms with Crippen LogP contribution in [0.3, 0.4) is 0 Å². The molecule has 0 radical (unpaired) electrons. The molecular formula is C28H33N3O3. The number of pyridine rings is 1. The van der Waals surface area contributed by atoms with E-state index in [-0.39, 0.29) is 5.91 Å². The fraction of sp³-hybridized carbons (Fsp3) is 0.393. The maximum atomic E-state index is 12.3. The third-order valence-corrected chi connectivity index (χ3v) is 6.43. The predicted molar refractivity (Wildman–Crippen MR) is 135 cm³/mol. The van der Waals surface area contributed by atoms with E-state index in [0.29, 0.717) is 17.7 Å². The normalized spacial score (nSPS) is 12.7. The van der Waals surface area contributed by atoms with Gasteiger partial charge in [0.15, 0.2) is 0 Å². The molecule has 3 aromatic rings. The van der Waals surface area contributed by atoms with Crippen LogP contribution in [0.5, 0.6) is 0 Å². The first-order valence-corrected chi connectivity index (χ1v) is 12.3. The molecule has 178 valence electrons. The van der Waals surface area contributed by atoms with Gasteiger partial charge in [0.2, 0.25) is 0 Å². The first kappa shape index (κ1) is 23.7. The molecule has 4 rings (SSSR count). The van der Waals surface area contributed by atoms with Crippen LogP contribution >= 0.6 is 0 Å². The molecular weight excluding hydrogens is 426 g/mol. The molecule has 2 N–H and O–H groups in total. The van der Waals surface area contributed by atoms with E-state index in [9.17, 15) is 9.59 Å². The second-order valence-electron chi connectivity index (χ2n) is 8.80. The minimum absolute atomic E-state index is 0.118. The first-order chi connectivity index (χ1) is 16.7. The number of esters is 1. The number of aryl methyl sites for hydroxylation is 1. The Bertz CT molecular complexity index is 1140. The van der Waals surface area contributed by atoms with Crippen molar-refractivity contribution in [2.75, 3.05) is 25.5 Å². The summed E-state index contributed by atoms with van der Waals surface area (Å²) in [6.45, 7) is 1.59. The molecule has 6 heteroatoms. The van der Waals surface area contributed by atoms with Gasteiger partial charge in [-0.25, -0.2) is 4.79 Å². The quantitative estimate of drug-likeness (QED) is 0.318. The number of fused-ring (bicyclic) bond motifs is 2. The van der Waals surface area contributed by atoms with Crippen LogP contribution < -0.4 is 10.6 Å². The number of ether oxygens (including phenoxy) is 1. The van der Waals surface area contributed by atoms with Gasteiger partial charge in [0.1, 0.15) is 0 Å². The summed E-state index contributed by atoms with van der Waals surface area (Å²) in [6, 6.07) is 14.9. The van der Waals surface area contributed by atoms with Gasteiger partial charge in [-0.1, -0.05) is 31.0 Å². The van der Waals surface area contributed by atoms with E-state index in [4.69, 9.17) is 4.98 Å². The third kappa shape index (κ3) is 5.74. The van der Waals surface area contributed by atoms with Crippen LogP contribution in [-0.2, 0) is 17.6 Å². The second kappa shape index (κ2) is 11.6. The maximum absolute atomic E-state index is 12.3. The lowest BCUT2D eigenvalue weighted by atomic mass is 9.92. The molecule has 0 aliphatic heterocycles. The Morgan fingerprint density at radius 3 is 2.38 bits per heavy atom. The highest BCUT2D eigenvalue weighted by atomic mass is 16.5.